The topological polar surface area (TPSA) is 20.3 Å². The number of nitrogens with zero attached hydrogens (tertiary/aromatic N) is 1. The van der Waals surface area contributed by atoms with Gasteiger partial charge in [-0.25, -0.2) is 4.39 Å². The molecule has 0 aliphatic carbocycles. The molecule has 0 spiro atoms. The van der Waals surface area contributed by atoms with Gasteiger partial charge in [0, 0.05) is 16.7 Å². The van der Waals surface area contributed by atoms with E-state index in [1.807, 2.05) is 36.4 Å². The average molecular weight is 321 g/mol. The van der Waals surface area contributed by atoms with Crippen LogP contribution in [-0.2, 0) is 0 Å². The van der Waals surface area contributed by atoms with E-state index in [-0.39, 0.29) is 11.7 Å². The summed E-state index contributed by atoms with van der Waals surface area (Å²) in [4.78, 5) is 13.7. The standard InChI is InChI=1S/C11H13FINO/c1-3-14(4-2)11(15)9-6-5-8(12)7-10(9)13/h5-7H,3-4H2,1-2H3. The second kappa shape index (κ2) is 5.44. The van der Waals surface area contributed by atoms with Gasteiger partial charge in [-0.1, -0.05) is 0 Å². The van der Waals surface area contributed by atoms with Gasteiger partial charge in [-0.2, -0.15) is 0 Å². The molecule has 0 radical (unpaired) electrons. The summed E-state index contributed by atoms with van der Waals surface area (Å²) < 4.78 is 13.5. The van der Waals surface area contributed by atoms with Crippen LogP contribution in [0.5, 0.6) is 0 Å². The highest BCUT2D eigenvalue weighted by Crippen LogP contribution is 2.15. The van der Waals surface area contributed by atoms with Crippen molar-refractivity contribution in [2.45, 2.75) is 13.8 Å². The lowest BCUT2D eigenvalue weighted by Gasteiger charge is -2.19. The van der Waals surface area contributed by atoms with Crippen molar-refractivity contribution < 1.29 is 9.18 Å². The Labute approximate surface area is 103 Å². The Kier molecular flexibility index (Phi) is 4.50. The number of carbonyl (C=O) groups is 1. The first-order chi connectivity index (χ1) is 7.10. The highest BCUT2D eigenvalue weighted by Gasteiger charge is 2.15. The Bertz CT molecular complexity index is 364. The van der Waals surface area contributed by atoms with Gasteiger partial charge < -0.3 is 4.90 Å². The molecular weight excluding hydrogens is 308 g/mol. The lowest BCUT2D eigenvalue weighted by atomic mass is 10.2. The largest absolute Gasteiger partial charge is 0.339 e. The van der Waals surface area contributed by atoms with Crippen LogP contribution >= 0.6 is 22.6 Å². The van der Waals surface area contributed by atoms with E-state index in [1.54, 1.807) is 4.90 Å². The van der Waals surface area contributed by atoms with Crippen LogP contribution in [0.4, 0.5) is 4.39 Å². The summed E-state index contributed by atoms with van der Waals surface area (Å²) in [5.41, 5.74) is 0.570. The number of hydrogen-bond acceptors (Lipinski definition) is 1. The van der Waals surface area contributed by atoms with Gasteiger partial charge in [-0.05, 0) is 54.6 Å². The predicted molar refractivity (Wildman–Crippen MR) is 66.4 cm³/mol. The third kappa shape index (κ3) is 2.90. The average Bonchev–Trinajstić information content (AvgIpc) is 2.19. The fourth-order valence-electron chi connectivity index (χ4n) is 1.34. The van der Waals surface area contributed by atoms with E-state index in [1.165, 1.54) is 18.2 Å². The van der Waals surface area contributed by atoms with Crippen molar-refractivity contribution >= 4 is 28.5 Å². The molecule has 0 aromatic heterocycles. The molecular formula is C11H13FINO. The summed E-state index contributed by atoms with van der Waals surface area (Å²) in [6.07, 6.45) is 0. The van der Waals surface area contributed by atoms with Crippen LogP contribution in [0.15, 0.2) is 18.2 Å². The molecule has 4 heteroatoms. The van der Waals surface area contributed by atoms with Crippen LogP contribution in [0.3, 0.4) is 0 Å². The molecule has 1 amide bonds. The Morgan fingerprint density at radius 2 is 2.00 bits per heavy atom. The Morgan fingerprint density at radius 1 is 1.40 bits per heavy atom. The van der Waals surface area contributed by atoms with E-state index in [0.29, 0.717) is 22.2 Å². The van der Waals surface area contributed by atoms with Crippen LogP contribution in [-0.4, -0.2) is 23.9 Å². The normalized spacial score (nSPS) is 10.1. The molecule has 0 fully saturated rings. The lowest BCUT2D eigenvalue weighted by molar-refractivity contribution is 0.0772. The van der Waals surface area contributed by atoms with Gasteiger partial charge in [0.15, 0.2) is 0 Å². The van der Waals surface area contributed by atoms with Gasteiger partial charge in [0.1, 0.15) is 5.82 Å². The summed E-state index contributed by atoms with van der Waals surface area (Å²) in [6, 6.07) is 4.23. The van der Waals surface area contributed by atoms with E-state index in [2.05, 4.69) is 0 Å². The fourth-order valence-corrected chi connectivity index (χ4v) is 2.05. The number of rotatable bonds is 3. The highest BCUT2D eigenvalue weighted by molar-refractivity contribution is 14.1. The number of benzene rings is 1. The highest BCUT2D eigenvalue weighted by atomic mass is 127. The van der Waals surface area contributed by atoms with Gasteiger partial charge in [0.25, 0.3) is 5.91 Å². The van der Waals surface area contributed by atoms with Crippen LogP contribution in [0, 0.1) is 9.39 Å². The number of halogens is 2. The summed E-state index contributed by atoms with van der Waals surface area (Å²) >= 11 is 1.98. The summed E-state index contributed by atoms with van der Waals surface area (Å²) in [5, 5.41) is 0. The van der Waals surface area contributed by atoms with Crippen molar-refractivity contribution in [3.63, 3.8) is 0 Å². The quantitative estimate of drug-likeness (QED) is 0.784. The van der Waals surface area contributed by atoms with Crippen molar-refractivity contribution in [3.8, 4) is 0 Å². The van der Waals surface area contributed by atoms with E-state index < -0.39 is 0 Å². The third-order valence-electron chi connectivity index (χ3n) is 2.21. The van der Waals surface area contributed by atoms with Crippen molar-refractivity contribution in [2.24, 2.45) is 0 Å². The molecule has 1 aromatic rings. The van der Waals surface area contributed by atoms with Crippen molar-refractivity contribution in [2.75, 3.05) is 13.1 Å². The summed E-state index contributed by atoms with van der Waals surface area (Å²) in [6.45, 7) is 5.20. The Balaban J connectivity index is 3.00. The summed E-state index contributed by atoms with van der Waals surface area (Å²) in [5.74, 6) is -0.347. The first-order valence-electron chi connectivity index (χ1n) is 4.84. The Morgan fingerprint density at radius 3 is 2.47 bits per heavy atom. The molecule has 0 saturated heterocycles. The zero-order valence-electron chi connectivity index (χ0n) is 8.76. The fraction of sp³-hybridized carbons (Fsp3) is 0.364. The summed E-state index contributed by atoms with van der Waals surface area (Å²) in [7, 11) is 0. The minimum Gasteiger partial charge on any atom is -0.339 e. The molecule has 0 unspecified atom stereocenters. The van der Waals surface area contributed by atoms with E-state index >= 15 is 0 Å². The minimum absolute atomic E-state index is 0.0376. The maximum atomic E-state index is 12.8. The van der Waals surface area contributed by atoms with E-state index in [9.17, 15) is 9.18 Å². The molecule has 0 bridgehead atoms. The van der Waals surface area contributed by atoms with Crippen molar-refractivity contribution in [3.05, 3.63) is 33.1 Å². The van der Waals surface area contributed by atoms with Gasteiger partial charge in [0.05, 0.1) is 5.56 Å². The first-order valence-corrected chi connectivity index (χ1v) is 5.92. The zero-order valence-corrected chi connectivity index (χ0v) is 10.9. The van der Waals surface area contributed by atoms with Crippen LogP contribution in [0.2, 0.25) is 0 Å². The molecule has 1 rings (SSSR count). The zero-order chi connectivity index (χ0) is 11.4. The Hall–Kier alpha value is -0.650. The monoisotopic (exact) mass is 321 g/mol. The van der Waals surface area contributed by atoms with Crippen LogP contribution in [0.1, 0.15) is 24.2 Å². The number of amides is 1. The van der Waals surface area contributed by atoms with Crippen molar-refractivity contribution in [1.82, 2.24) is 4.90 Å². The molecule has 0 saturated carbocycles. The van der Waals surface area contributed by atoms with Crippen LogP contribution in [0.25, 0.3) is 0 Å². The molecule has 1 aromatic carbocycles. The molecule has 2 nitrogen and oxygen atoms in total. The van der Waals surface area contributed by atoms with E-state index in [0.717, 1.165) is 0 Å². The SMILES string of the molecule is CCN(CC)C(=O)c1ccc(F)cc1I. The molecule has 0 aliphatic heterocycles. The molecule has 0 N–H and O–H groups in total. The van der Waals surface area contributed by atoms with Gasteiger partial charge >= 0.3 is 0 Å². The smallest absolute Gasteiger partial charge is 0.254 e. The van der Waals surface area contributed by atoms with Gasteiger partial charge in [-0.15, -0.1) is 0 Å². The minimum atomic E-state index is -0.310. The molecule has 0 aliphatic rings. The van der Waals surface area contributed by atoms with Crippen LogP contribution < -0.4 is 0 Å². The molecule has 15 heavy (non-hydrogen) atoms. The lowest BCUT2D eigenvalue weighted by Crippen LogP contribution is -2.31. The first kappa shape index (κ1) is 12.4. The predicted octanol–water partition coefficient (Wildman–Crippen LogP) is 2.91. The number of carbonyl (C=O) groups excluding carboxylic acids is 1. The third-order valence-corrected chi connectivity index (χ3v) is 3.10. The molecule has 82 valence electrons. The second-order valence-electron chi connectivity index (χ2n) is 3.10. The molecule has 0 heterocycles. The van der Waals surface area contributed by atoms with Gasteiger partial charge in [-0.3, -0.25) is 4.79 Å². The maximum Gasteiger partial charge on any atom is 0.254 e. The van der Waals surface area contributed by atoms with E-state index in [4.69, 9.17) is 0 Å². The second-order valence-corrected chi connectivity index (χ2v) is 4.26. The van der Waals surface area contributed by atoms with Gasteiger partial charge in [0.2, 0.25) is 0 Å². The van der Waals surface area contributed by atoms with Crippen molar-refractivity contribution in [1.29, 1.82) is 0 Å². The maximum absolute atomic E-state index is 12.8. The number of hydrogen-bond donors (Lipinski definition) is 0. The molecule has 0 atom stereocenters.